The maximum absolute atomic E-state index is 12.3. The lowest BCUT2D eigenvalue weighted by Crippen LogP contribution is -2.15. The lowest BCUT2D eigenvalue weighted by Gasteiger charge is -2.06. The molecule has 6 nitrogen and oxygen atoms in total. The van der Waals surface area contributed by atoms with Crippen LogP contribution in [0, 0.1) is 6.92 Å². The molecule has 1 saturated heterocycles. The molecule has 0 saturated carbocycles. The molecule has 0 aromatic carbocycles. The quantitative estimate of drug-likeness (QED) is 0.617. The Labute approximate surface area is 139 Å². The molecule has 1 aliphatic heterocycles. The Kier molecular flexibility index (Phi) is 4.55. The zero-order chi connectivity index (χ0) is 15.7. The van der Waals surface area contributed by atoms with Gasteiger partial charge in [-0.2, -0.15) is 9.61 Å². The Hall–Kier alpha value is -1.32. The highest BCUT2D eigenvalue weighted by Crippen LogP contribution is 2.42. The molecule has 22 heavy (non-hydrogen) atoms. The van der Waals surface area contributed by atoms with E-state index in [0.29, 0.717) is 27.8 Å². The van der Waals surface area contributed by atoms with Crippen molar-refractivity contribution in [2.45, 2.75) is 13.8 Å². The Morgan fingerprint density at radius 3 is 2.82 bits per heavy atom. The van der Waals surface area contributed by atoms with Crippen molar-refractivity contribution in [3.05, 3.63) is 31.4 Å². The highest BCUT2D eigenvalue weighted by molar-refractivity contribution is 8.25. The summed E-state index contributed by atoms with van der Waals surface area (Å²) in [7, 11) is 0. The van der Waals surface area contributed by atoms with Gasteiger partial charge < -0.3 is 4.74 Å². The number of rotatable bonds is 3. The Bertz CT molecular complexity index is 817. The van der Waals surface area contributed by atoms with Crippen molar-refractivity contribution in [3.8, 4) is 0 Å². The average molecular weight is 355 g/mol. The lowest BCUT2D eigenvalue weighted by molar-refractivity contribution is -0.136. The second kappa shape index (κ2) is 6.43. The minimum Gasteiger partial charge on any atom is -0.462 e. The fraction of sp³-hybridized carbons (Fsp3) is 0.385. The Balaban J connectivity index is 2.16. The highest BCUT2D eigenvalue weighted by Gasteiger charge is 2.26. The van der Waals surface area contributed by atoms with Crippen molar-refractivity contribution >= 4 is 51.4 Å². The molecule has 1 aliphatic rings. The normalized spacial score (nSPS) is 14.5. The number of aryl methyl sites for hydroxylation is 1. The van der Waals surface area contributed by atoms with Crippen LogP contribution in [0.1, 0.15) is 17.6 Å². The molecule has 0 spiro atoms. The number of ether oxygens (including phenoxy) is 1. The number of carbonyl (C=O) groups is 1. The summed E-state index contributed by atoms with van der Waals surface area (Å²) in [6.45, 7) is 3.82. The number of fused-ring (bicyclic) bond motifs is 1. The summed E-state index contributed by atoms with van der Waals surface area (Å²) < 4.78 is 7.29. The van der Waals surface area contributed by atoms with Gasteiger partial charge in [0.15, 0.2) is 5.01 Å². The molecule has 116 valence electrons. The molecular formula is C13H13N3O3S3. The van der Waals surface area contributed by atoms with Gasteiger partial charge in [-0.1, -0.05) is 11.3 Å². The SMILES string of the molecule is CCOC(=O)C(=C1SCCS1)c1nn2c(=O)cc(C)nc2s1. The van der Waals surface area contributed by atoms with Crippen molar-refractivity contribution in [2.24, 2.45) is 0 Å². The maximum atomic E-state index is 12.3. The minimum atomic E-state index is -0.400. The molecule has 0 aliphatic carbocycles. The van der Waals surface area contributed by atoms with E-state index in [1.54, 1.807) is 37.4 Å². The van der Waals surface area contributed by atoms with Crippen LogP contribution >= 0.6 is 34.9 Å². The van der Waals surface area contributed by atoms with E-state index in [4.69, 9.17) is 4.74 Å². The van der Waals surface area contributed by atoms with E-state index in [9.17, 15) is 9.59 Å². The van der Waals surface area contributed by atoms with E-state index in [0.717, 1.165) is 15.7 Å². The van der Waals surface area contributed by atoms with E-state index in [-0.39, 0.29) is 5.56 Å². The van der Waals surface area contributed by atoms with Crippen molar-refractivity contribution in [1.82, 2.24) is 14.6 Å². The summed E-state index contributed by atoms with van der Waals surface area (Å²) in [6.07, 6.45) is 0. The van der Waals surface area contributed by atoms with Crippen LogP contribution in [-0.4, -0.2) is 38.7 Å². The summed E-state index contributed by atoms with van der Waals surface area (Å²) in [4.78, 5) is 29.1. The monoisotopic (exact) mass is 355 g/mol. The van der Waals surface area contributed by atoms with Crippen LogP contribution in [0.3, 0.4) is 0 Å². The third kappa shape index (κ3) is 2.92. The Morgan fingerprint density at radius 2 is 2.14 bits per heavy atom. The van der Waals surface area contributed by atoms with E-state index < -0.39 is 5.97 Å². The summed E-state index contributed by atoms with van der Waals surface area (Å²) >= 11 is 4.46. The van der Waals surface area contributed by atoms with Gasteiger partial charge in [0.05, 0.1) is 10.8 Å². The highest BCUT2D eigenvalue weighted by atomic mass is 32.2. The first-order chi connectivity index (χ1) is 10.6. The van der Waals surface area contributed by atoms with Gasteiger partial charge in [0.2, 0.25) is 4.96 Å². The van der Waals surface area contributed by atoms with Crippen LogP contribution < -0.4 is 5.56 Å². The first-order valence-electron chi connectivity index (χ1n) is 6.65. The number of hydrogen-bond donors (Lipinski definition) is 0. The van der Waals surface area contributed by atoms with Crippen LogP contribution in [0.15, 0.2) is 15.1 Å². The van der Waals surface area contributed by atoms with Crippen LogP contribution in [0.2, 0.25) is 0 Å². The molecule has 0 atom stereocenters. The lowest BCUT2D eigenvalue weighted by atomic mass is 10.3. The molecule has 1 fully saturated rings. The van der Waals surface area contributed by atoms with E-state index in [1.807, 2.05) is 0 Å². The minimum absolute atomic E-state index is 0.245. The van der Waals surface area contributed by atoms with Crippen molar-refractivity contribution < 1.29 is 9.53 Å². The smallest absolute Gasteiger partial charge is 0.342 e. The first-order valence-corrected chi connectivity index (χ1v) is 9.44. The molecule has 2 aromatic rings. The molecule has 0 amide bonds. The fourth-order valence-corrected chi connectivity index (χ4v) is 5.58. The zero-order valence-electron chi connectivity index (χ0n) is 12.0. The summed E-state index contributed by atoms with van der Waals surface area (Å²) in [6, 6.07) is 1.42. The second-order valence-electron chi connectivity index (χ2n) is 4.42. The summed E-state index contributed by atoms with van der Waals surface area (Å²) in [5.74, 6) is 1.50. The Morgan fingerprint density at radius 1 is 1.41 bits per heavy atom. The van der Waals surface area contributed by atoms with Gasteiger partial charge in [-0.15, -0.1) is 23.5 Å². The van der Waals surface area contributed by atoms with Crippen molar-refractivity contribution in [3.63, 3.8) is 0 Å². The molecule has 0 unspecified atom stereocenters. The molecule has 9 heteroatoms. The standard InChI is InChI=1S/C13H13N3O3S3/c1-3-19-11(18)9(12-20-4-5-21-12)10-15-16-8(17)6-7(2)14-13(16)22-10/h6H,3-5H2,1-2H3. The summed E-state index contributed by atoms with van der Waals surface area (Å²) in [5, 5.41) is 4.75. The number of hydrogen-bond acceptors (Lipinski definition) is 8. The van der Waals surface area contributed by atoms with Crippen LogP contribution in [0.25, 0.3) is 10.5 Å². The third-order valence-corrected chi connectivity index (χ3v) is 6.46. The van der Waals surface area contributed by atoms with Gasteiger partial charge in [-0.05, 0) is 13.8 Å². The number of carbonyl (C=O) groups excluding carboxylic acids is 1. The third-order valence-electron chi connectivity index (χ3n) is 2.82. The molecule has 0 N–H and O–H groups in total. The second-order valence-corrected chi connectivity index (χ2v) is 7.84. The number of thioether (sulfide) groups is 2. The van der Waals surface area contributed by atoms with Crippen molar-refractivity contribution in [2.75, 3.05) is 18.1 Å². The van der Waals surface area contributed by atoms with Gasteiger partial charge >= 0.3 is 5.97 Å². The number of aromatic nitrogens is 3. The number of esters is 1. The average Bonchev–Trinajstić information content (AvgIpc) is 3.09. The molecule has 3 rings (SSSR count). The van der Waals surface area contributed by atoms with Gasteiger partial charge in [0.25, 0.3) is 5.56 Å². The van der Waals surface area contributed by atoms with E-state index >= 15 is 0 Å². The molecule has 0 bridgehead atoms. The number of nitrogens with zero attached hydrogens (tertiary/aromatic N) is 3. The predicted octanol–water partition coefficient (Wildman–Crippen LogP) is 2.17. The predicted molar refractivity (Wildman–Crippen MR) is 90.3 cm³/mol. The van der Waals surface area contributed by atoms with Gasteiger partial charge in [0, 0.05) is 23.3 Å². The maximum Gasteiger partial charge on any atom is 0.342 e. The fourth-order valence-electron chi connectivity index (χ4n) is 1.94. The molecule has 3 heterocycles. The largest absolute Gasteiger partial charge is 0.462 e. The van der Waals surface area contributed by atoms with Crippen LogP contribution in [-0.2, 0) is 9.53 Å². The zero-order valence-corrected chi connectivity index (χ0v) is 14.4. The molecule has 0 radical (unpaired) electrons. The molecular weight excluding hydrogens is 342 g/mol. The first kappa shape index (κ1) is 15.6. The topological polar surface area (TPSA) is 73.6 Å². The van der Waals surface area contributed by atoms with E-state index in [2.05, 4.69) is 10.1 Å². The molecule has 2 aromatic heterocycles. The summed E-state index contributed by atoms with van der Waals surface area (Å²) in [5.41, 5.74) is 0.835. The van der Waals surface area contributed by atoms with Gasteiger partial charge in [-0.3, -0.25) is 4.79 Å². The van der Waals surface area contributed by atoms with Gasteiger partial charge in [-0.25, -0.2) is 9.78 Å². The van der Waals surface area contributed by atoms with Crippen molar-refractivity contribution in [1.29, 1.82) is 0 Å². The van der Waals surface area contributed by atoms with E-state index in [1.165, 1.54) is 21.9 Å². The van der Waals surface area contributed by atoms with Crippen LogP contribution in [0.5, 0.6) is 0 Å². The van der Waals surface area contributed by atoms with Crippen LogP contribution in [0.4, 0.5) is 0 Å². The van der Waals surface area contributed by atoms with Gasteiger partial charge in [0.1, 0.15) is 5.57 Å².